The van der Waals surface area contributed by atoms with E-state index in [-0.39, 0.29) is 0 Å². The lowest BCUT2D eigenvalue weighted by Crippen LogP contribution is -2.58. The Morgan fingerprint density at radius 1 is 0.721 bits per heavy atom. The summed E-state index contributed by atoms with van der Waals surface area (Å²) in [5.74, 6) is 1.37. The maximum absolute atomic E-state index is 8.60. The Morgan fingerprint density at radius 3 is 1.63 bits per heavy atom. The minimum atomic E-state index is -4.69. The number of aromatic nitrogens is 1. The Labute approximate surface area is 263 Å². The van der Waals surface area contributed by atoms with Crippen LogP contribution in [0.25, 0.3) is 11.5 Å². The highest BCUT2D eigenvalue weighted by Crippen LogP contribution is 2.56. The molecule has 0 saturated carbocycles. The molecular formula is C32H29Cl3N2O5P+. The van der Waals surface area contributed by atoms with Crippen LogP contribution < -0.4 is 40.2 Å². The molecule has 1 saturated heterocycles. The summed E-state index contributed by atoms with van der Waals surface area (Å²) in [6, 6.07) is 37.8. The highest BCUT2D eigenvalue weighted by molar-refractivity contribution is 8.01. The number of piperidine rings is 1. The van der Waals surface area contributed by atoms with Gasteiger partial charge in [0.2, 0.25) is 5.89 Å². The highest BCUT2D eigenvalue weighted by Gasteiger charge is 2.53. The Morgan fingerprint density at radius 2 is 1.19 bits per heavy atom. The zero-order valence-electron chi connectivity index (χ0n) is 23.0. The molecule has 0 radical (unpaired) electrons. The molecule has 0 spiro atoms. The van der Waals surface area contributed by atoms with Gasteiger partial charge in [-0.05, 0) is 73.9 Å². The standard InChI is InChI=1S/C32H28Cl2N2OP.ClHO4/c33-24-19-20-28(29(34)23-24)30-35-31(32(37-30)36-21-11-4-12-22-36)38(25-13-5-1-6-14-25,26-15-7-2-8-16-26)27-17-9-3-10-18-27;2-1(3,4)5/h1-3,5-10,13-20,23H,4,11-12,21-22H2;(H,2,3,4,5)/q+1;. The zero-order valence-corrected chi connectivity index (χ0v) is 26.1. The van der Waals surface area contributed by atoms with Crippen LogP contribution >= 0.6 is 30.5 Å². The highest BCUT2D eigenvalue weighted by atomic mass is 35.7. The zero-order chi connectivity index (χ0) is 30.5. The van der Waals surface area contributed by atoms with Crippen molar-refractivity contribution in [1.29, 1.82) is 0 Å². The van der Waals surface area contributed by atoms with Crippen LogP contribution in [0.15, 0.2) is 114 Å². The Hall–Kier alpha value is -2.97. The lowest BCUT2D eigenvalue weighted by molar-refractivity contribution is -1.92. The lowest BCUT2D eigenvalue weighted by atomic mass is 10.1. The number of nitrogens with zero attached hydrogens (tertiary/aromatic N) is 2. The van der Waals surface area contributed by atoms with Crippen LogP contribution in [-0.4, -0.2) is 22.7 Å². The smallest absolute Gasteiger partial charge is 0.262 e. The van der Waals surface area contributed by atoms with Crippen LogP contribution in [0.1, 0.15) is 19.3 Å². The normalized spacial score (nSPS) is 13.8. The van der Waals surface area contributed by atoms with Crippen molar-refractivity contribution in [3.05, 3.63) is 119 Å². The number of anilines is 1. The van der Waals surface area contributed by atoms with Gasteiger partial charge >= 0.3 is 0 Å². The van der Waals surface area contributed by atoms with Gasteiger partial charge in [-0.15, -0.1) is 0 Å². The molecule has 1 fully saturated rings. The summed E-state index contributed by atoms with van der Waals surface area (Å²) in [7, 11) is -7.14. The molecule has 11 heteroatoms. The van der Waals surface area contributed by atoms with E-state index in [1.807, 2.05) is 12.1 Å². The molecule has 2 heterocycles. The van der Waals surface area contributed by atoms with E-state index in [9.17, 15) is 0 Å². The van der Waals surface area contributed by atoms with Crippen molar-refractivity contribution < 1.29 is 33.3 Å². The van der Waals surface area contributed by atoms with Crippen molar-refractivity contribution in [1.82, 2.24) is 4.98 Å². The van der Waals surface area contributed by atoms with E-state index in [2.05, 4.69) is 95.9 Å². The summed E-state index contributed by atoms with van der Waals surface area (Å²) >= 11 is 12.9. The first-order chi connectivity index (χ1) is 20.7. The fourth-order valence-corrected chi connectivity index (χ4v) is 10.1. The van der Waals surface area contributed by atoms with E-state index in [4.69, 9.17) is 51.2 Å². The Bertz CT molecular complexity index is 1530. The van der Waals surface area contributed by atoms with Gasteiger partial charge in [-0.25, -0.2) is 0 Å². The van der Waals surface area contributed by atoms with Crippen molar-refractivity contribution in [2.75, 3.05) is 18.0 Å². The number of hydrogen-bond donors (Lipinski definition) is 1. The molecule has 0 amide bonds. The number of oxazole rings is 1. The first-order valence-corrected chi connectivity index (χ1v) is 17.4. The van der Waals surface area contributed by atoms with Crippen molar-refractivity contribution in [3.63, 3.8) is 0 Å². The van der Waals surface area contributed by atoms with Crippen molar-refractivity contribution in [2.45, 2.75) is 19.3 Å². The second-order valence-corrected chi connectivity index (χ2v) is 14.8. The second kappa shape index (κ2) is 13.8. The first-order valence-electron chi connectivity index (χ1n) is 13.6. The summed E-state index contributed by atoms with van der Waals surface area (Å²) in [5.41, 5.74) is 1.72. The van der Waals surface area contributed by atoms with E-state index in [0.717, 1.165) is 42.8 Å². The van der Waals surface area contributed by atoms with Gasteiger partial charge in [0, 0.05) is 18.1 Å². The molecule has 0 bridgehead atoms. The van der Waals surface area contributed by atoms with Crippen LogP contribution in [0.3, 0.4) is 0 Å². The van der Waals surface area contributed by atoms with Crippen LogP contribution in [0.5, 0.6) is 0 Å². The molecule has 0 unspecified atom stereocenters. The molecule has 1 N–H and O–H groups in total. The third kappa shape index (κ3) is 7.23. The van der Waals surface area contributed by atoms with E-state index in [0.29, 0.717) is 15.9 Å². The van der Waals surface area contributed by atoms with E-state index in [1.54, 1.807) is 6.07 Å². The first kappa shape index (κ1) is 31.5. The number of halogens is 3. The van der Waals surface area contributed by atoms with Crippen LogP contribution in [0.2, 0.25) is 10.0 Å². The van der Waals surface area contributed by atoms with Crippen LogP contribution in [-0.2, 0) is 0 Å². The average molecular weight is 659 g/mol. The topological polar surface area (TPSA) is 119 Å². The minimum Gasteiger partial charge on any atom is -0.416 e. The van der Waals surface area contributed by atoms with Gasteiger partial charge < -0.3 is 9.32 Å². The molecule has 4 aromatic carbocycles. The average Bonchev–Trinajstić information content (AvgIpc) is 3.44. The predicted molar refractivity (Wildman–Crippen MR) is 165 cm³/mol. The van der Waals surface area contributed by atoms with Crippen molar-refractivity contribution in [3.8, 4) is 11.5 Å². The third-order valence-corrected chi connectivity index (χ3v) is 11.8. The Balaban J connectivity index is 0.000000682. The minimum absolute atomic E-state index is 0.523. The molecular weight excluding hydrogens is 630 g/mol. The fraction of sp³-hybridized carbons (Fsp3) is 0.156. The molecule has 0 aliphatic carbocycles. The van der Waals surface area contributed by atoms with Gasteiger partial charge in [0.25, 0.3) is 11.3 Å². The van der Waals surface area contributed by atoms with Gasteiger partial charge in [-0.1, -0.05) is 77.8 Å². The summed E-state index contributed by atoms with van der Waals surface area (Å²) in [5, 5.41) is 4.81. The van der Waals surface area contributed by atoms with E-state index >= 15 is 0 Å². The van der Waals surface area contributed by atoms with Gasteiger partial charge in [-0.3, -0.25) is 0 Å². The monoisotopic (exact) mass is 657 g/mol. The van der Waals surface area contributed by atoms with Gasteiger partial charge in [0.15, 0.2) is 7.26 Å². The van der Waals surface area contributed by atoms with Crippen LogP contribution in [0.4, 0.5) is 5.88 Å². The molecule has 1 aliphatic heterocycles. The predicted octanol–water partition coefficient (Wildman–Crippen LogP) is 3.13. The Kier molecular flexibility index (Phi) is 10.1. The summed E-state index contributed by atoms with van der Waals surface area (Å²) in [4.78, 5) is 7.74. The van der Waals surface area contributed by atoms with Gasteiger partial charge in [0.1, 0.15) is 15.9 Å². The maximum Gasteiger partial charge on any atom is 0.262 e. The van der Waals surface area contributed by atoms with Crippen LogP contribution in [0, 0.1) is 10.2 Å². The van der Waals surface area contributed by atoms with E-state index < -0.39 is 17.5 Å². The largest absolute Gasteiger partial charge is 0.416 e. The van der Waals surface area contributed by atoms with Gasteiger partial charge in [-0.2, -0.15) is 19.0 Å². The summed E-state index contributed by atoms with van der Waals surface area (Å²) < 4.78 is 39.5. The number of benzene rings is 4. The SMILES string of the molecule is Clc1ccc(-c2nc([P+](c3ccccc3)(c3ccccc3)c3ccccc3)c(N3CCCCC3)o2)c(Cl)c1.[O-][Cl+3]([O-])([O-])O. The lowest BCUT2D eigenvalue weighted by Gasteiger charge is -2.30. The number of rotatable bonds is 6. The van der Waals surface area contributed by atoms with E-state index in [1.165, 1.54) is 22.3 Å². The second-order valence-electron chi connectivity index (χ2n) is 9.89. The maximum atomic E-state index is 8.60. The number of hydrogen-bond acceptors (Lipinski definition) is 7. The molecule has 43 heavy (non-hydrogen) atoms. The fourth-order valence-electron chi connectivity index (χ4n) is 5.37. The molecule has 222 valence electrons. The molecule has 1 aromatic heterocycles. The van der Waals surface area contributed by atoms with Gasteiger partial charge in [0.05, 0.1) is 25.5 Å². The van der Waals surface area contributed by atoms with Crippen molar-refractivity contribution in [2.24, 2.45) is 0 Å². The molecule has 5 aromatic rings. The quantitative estimate of drug-likeness (QED) is 0.279. The summed E-state index contributed by atoms with van der Waals surface area (Å²) in [6.07, 6.45) is 3.49. The molecule has 7 nitrogen and oxygen atoms in total. The molecule has 6 rings (SSSR count). The van der Waals surface area contributed by atoms with Crippen molar-refractivity contribution >= 4 is 57.7 Å². The summed E-state index contributed by atoms with van der Waals surface area (Å²) in [6.45, 7) is 1.88. The molecule has 1 aliphatic rings. The third-order valence-electron chi connectivity index (χ3n) is 7.15. The molecule has 0 atom stereocenters.